The molecular weight excluding hydrogens is 240 g/mol. The van der Waals surface area contributed by atoms with E-state index in [2.05, 4.69) is 4.90 Å². The smallest absolute Gasteiger partial charge is 0.0731 e. The topological polar surface area (TPSA) is 47.7 Å². The molecule has 0 aromatic rings. The van der Waals surface area contributed by atoms with Gasteiger partial charge in [0, 0.05) is 38.4 Å². The van der Waals surface area contributed by atoms with Crippen LogP contribution < -0.4 is 5.73 Å². The van der Waals surface area contributed by atoms with Gasteiger partial charge in [-0.1, -0.05) is 12.8 Å². The van der Waals surface area contributed by atoms with Gasteiger partial charge in [0.25, 0.3) is 0 Å². The molecule has 1 aliphatic carbocycles. The van der Waals surface area contributed by atoms with Crippen molar-refractivity contribution in [3.05, 3.63) is 0 Å². The quantitative estimate of drug-likeness (QED) is 0.840. The van der Waals surface area contributed by atoms with Crippen LogP contribution in [0.1, 0.15) is 38.5 Å². The molecule has 3 rings (SSSR count). The number of nitrogens with two attached hydrogens (primary N) is 1. The molecule has 3 aliphatic rings. The molecule has 3 fully saturated rings. The van der Waals surface area contributed by atoms with Gasteiger partial charge in [0.1, 0.15) is 0 Å². The summed E-state index contributed by atoms with van der Waals surface area (Å²) < 4.78 is 11.5. The van der Waals surface area contributed by atoms with Crippen LogP contribution in [0, 0.1) is 5.92 Å². The van der Waals surface area contributed by atoms with E-state index in [1.165, 1.54) is 38.5 Å². The van der Waals surface area contributed by atoms with E-state index < -0.39 is 0 Å². The van der Waals surface area contributed by atoms with Gasteiger partial charge in [-0.2, -0.15) is 0 Å². The Balaban J connectivity index is 1.69. The first-order valence-corrected chi connectivity index (χ1v) is 8.05. The predicted octanol–water partition coefficient (Wildman–Crippen LogP) is 1.38. The van der Waals surface area contributed by atoms with Gasteiger partial charge in [0.05, 0.1) is 12.7 Å². The molecule has 2 aliphatic heterocycles. The highest BCUT2D eigenvalue weighted by Crippen LogP contribution is 2.33. The summed E-state index contributed by atoms with van der Waals surface area (Å²) in [7, 11) is 0. The first-order chi connectivity index (χ1) is 9.40. The molecular formula is C15H28N2O2. The van der Waals surface area contributed by atoms with Crippen molar-refractivity contribution in [2.24, 2.45) is 11.7 Å². The third-order valence-corrected chi connectivity index (χ3v) is 5.25. The maximum Gasteiger partial charge on any atom is 0.0731 e. The molecule has 0 spiro atoms. The maximum absolute atomic E-state index is 6.13. The largest absolute Gasteiger partial charge is 0.381 e. The summed E-state index contributed by atoms with van der Waals surface area (Å²) in [4.78, 5) is 2.70. The summed E-state index contributed by atoms with van der Waals surface area (Å²) in [5.41, 5.74) is 6.13. The molecule has 2 heterocycles. The number of morpholine rings is 1. The Hall–Kier alpha value is -0.160. The molecule has 4 heteroatoms. The lowest BCUT2D eigenvalue weighted by Crippen LogP contribution is -2.60. The number of rotatable bonds is 3. The van der Waals surface area contributed by atoms with Crippen LogP contribution in [-0.4, -0.2) is 56.0 Å². The fourth-order valence-electron chi connectivity index (χ4n) is 4.24. The highest BCUT2D eigenvalue weighted by atomic mass is 16.5. The van der Waals surface area contributed by atoms with Crippen molar-refractivity contribution in [2.45, 2.75) is 56.7 Å². The lowest BCUT2D eigenvalue weighted by atomic mass is 9.85. The Morgan fingerprint density at radius 2 is 1.84 bits per heavy atom. The van der Waals surface area contributed by atoms with E-state index in [0.717, 1.165) is 38.8 Å². The van der Waals surface area contributed by atoms with E-state index in [1.807, 2.05) is 0 Å². The maximum atomic E-state index is 6.13. The number of hydrogen-bond acceptors (Lipinski definition) is 4. The molecule has 1 saturated carbocycles. The normalized spacial score (nSPS) is 35.8. The van der Waals surface area contributed by atoms with Crippen molar-refractivity contribution < 1.29 is 9.47 Å². The van der Waals surface area contributed by atoms with Gasteiger partial charge in [0.2, 0.25) is 0 Å². The van der Waals surface area contributed by atoms with Crippen LogP contribution in [0.2, 0.25) is 0 Å². The number of fused-ring (bicyclic) bond motifs is 1. The van der Waals surface area contributed by atoms with Crippen LogP contribution in [0.25, 0.3) is 0 Å². The first-order valence-electron chi connectivity index (χ1n) is 8.05. The Kier molecular flexibility index (Phi) is 4.74. The molecule has 2 saturated heterocycles. The molecule has 3 atom stereocenters. The van der Waals surface area contributed by atoms with Crippen molar-refractivity contribution in [1.82, 2.24) is 4.90 Å². The van der Waals surface area contributed by atoms with Gasteiger partial charge in [-0.3, -0.25) is 4.90 Å². The fourth-order valence-corrected chi connectivity index (χ4v) is 4.24. The summed E-state index contributed by atoms with van der Waals surface area (Å²) in [5, 5.41) is 0. The molecule has 0 aromatic carbocycles. The van der Waals surface area contributed by atoms with Gasteiger partial charge >= 0.3 is 0 Å². The van der Waals surface area contributed by atoms with Gasteiger partial charge in [-0.15, -0.1) is 0 Å². The Morgan fingerprint density at radius 1 is 1.05 bits per heavy atom. The predicted molar refractivity (Wildman–Crippen MR) is 75.1 cm³/mol. The van der Waals surface area contributed by atoms with Crippen LogP contribution >= 0.6 is 0 Å². The Morgan fingerprint density at radius 3 is 2.63 bits per heavy atom. The van der Waals surface area contributed by atoms with Crippen LogP contribution in [0.3, 0.4) is 0 Å². The summed E-state index contributed by atoms with van der Waals surface area (Å²) in [6.07, 6.45) is 8.05. The SMILES string of the molecule is NCC(C1CCOCC1)N1CCOC2CCCCC21. The minimum atomic E-state index is 0.469. The van der Waals surface area contributed by atoms with E-state index in [9.17, 15) is 0 Å². The number of hydrogen-bond donors (Lipinski definition) is 1. The second kappa shape index (κ2) is 6.53. The van der Waals surface area contributed by atoms with Gasteiger partial charge < -0.3 is 15.2 Å². The lowest BCUT2D eigenvalue weighted by molar-refractivity contribution is -0.114. The molecule has 4 nitrogen and oxygen atoms in total. The molecule has 19 heavy (non-hydrogen) atoms. The minimum absolute atomic E-state index is 0.469. The molecule has 3 unspecified atom stereocenters. The second-order valence-corrected chi connectivity index (χ2v) is 6.25. The third kappa shape index (κ3) is 2.97. The van der Waals surface area contributed by atoms with E-state index >= 15 is 0 Å². The van der Waals surface area contributed by atoms with Gasteiger partial charge in [0.15, 0.2) is 0 Å². The van der Waals surface area contributed by atoms with E-state index in [-0.39, 0.29) is 0 Å². The molecule has 2 N–H and O–H groups in total. The minimum Gasteiger partial charge on any atom is -0.381 e. The summed E-state index contributed by atoms with van der Waals surface area (Å²) in [6, 6.07) is 1.16. The van der Waals surface area contributed by atoms with Crippen molar-refractivity contribution in [2.75, 3.05) is 32.9 Å². The third-order valence-electron chi connectivity index (χ3n) is 5.25. The Labute approximate surface area is 116 Å². The van der Waals surface area contributed by atoms with Crippen LogP contribution in [-0.2, 0) is 9.47 Å². The van der Waals surface area contributed by atoms with Crippen molar-refractivity contribution >= 4 is 0 Å². The van der Waals surface area contributed by atoms with Gasteiger partial charge in [-0.05, 0) is 31.6 Å². The average Bonchev–Trinajstić information content (AvgIpc) is 2.49. The van der Waals surface area contributed by atoms with Crippen LogP contribution in [0.5, 0.6) is 0 Å². The van der Waals surface area contributed by atoms with Crippen LogP contribution in [0.15, 0.2) is 0 Å². The molecule has 0 radical (unpaired) electrons. The zero-order valence-corrected chi connectivity index (χ0v) is 11.9. The lowest BCUT2D eigenvalue weighted by Gasteiger charge is -2.49. The Bertz CT molecular complexity index is 279. The summed E-state index contributed by atoms with van der Waals surface area (Å²) in [6.45, 7) is 4.58. The molecule has 110 valence electrons. The zero-order chi connectivity index (χ0) is 13.1. The highest BCUT2D eigenvalue weighted by molar-refractivity contribution is 4.93. The van der Waals surface area contributed by atoms with Crippen LogP contribution in [0.4, 0.5) is 0 Å². The van der Waals surface area contributed by atoms with Crippen molar-refractivity contribution in [1.29, 1.82) is 0 Å². The summed E-state index contributed by atoms with van der Waals surface area (Å²) >= 11 is 0. The molecule has 0 aromatic heterocycles. The van der Waals surface area contributed by atoms with Crippen molar-refractivity contribution in [3.63, 3.8) is 0 Å². The zero-order valence-electron chi connectivity index (χ0n) is 11.9. The van der Waals surface area contributed by atoms with Gasteiger partial charge in [-0.25, -0.2) is 0 Å². The molecule has 0 bridgehead atoms. The first kappa shape index (κ1) is 13.8. The van der Waals surface area contributed by atoms with E-state index in [0.29, 0.717) is 18.2 Å². The molecule has 0 amide bonds. The van der Waals surface area contributed by atoms with Crippen molar-refractivity contribution in [3.8, 4) is 0 Å². The average molecular weight is 268 g/mol. The summed E-state index contributed by atoms with van der Waals surface area (Å²) in [5.74, 6) is 0.722. The highest BCUT2D eigenvalue weighted by Gasteiger charge is 2.39. The number of nitrogens with zero attached hydrogens (tertiary/aromatic N) is 1. The van der Waals surface area contributed by atoms with E-state index in [4.69, 9.17) is 15.2 Å². The second-order valence-electron chi connectivity index (χ2n) is 6.25. The van der Waals surface area contributed by atoms with E-state index in [1.54, 1.807) is 0 Å². The number of ether oxygens (including phenoxy) is 2. The standard InChI is InChI=1S/C15H28N2O2/c16-11-14(12-5-8-18-9-6-12)17-7-10-19-15-4-2-1-3-13(15)17/h12-15H,1-11,16H2. The monoisotopic (exact) mass is 268 g/mol. The fraction of sp³-hybridized carbons (Fsp3) is 1.00.